The first-order valence-electron chi connectivity index (χ1n) is 9.17. The van der Waals surface area contributed by atoms with Gasteiger partial charge in [0.2, 0.25) is 0 Å². The summed E-state index contributed by atoms with van der Waals surface area (Å²) in [5.74, 6) is 1.03. The zero-order chi connectivity index (χ0) is 20.1. The lowest BCUT2D eigenvalue weighted by Gasteiger charge is -2.18. The molecule has 1 N–H and O–H groups in total. The number of benzene rings is 2. The average molecular weight is 414 g/mol. The van der Waals surface area contributed by atoms with E-state index in [1.54, 1.807) is 17.8 Å². The van der Waals surface area contributed by atoms with E-state index in [0.717, 1.165) is 51.0 Å². The molecule has 28 heavy (non-hydrogen) atoms. The second kappa shape index (κ2) is 6.97. The van der Waals surface area contributed by atoms with Crippen molar-refractivity contribution in [2.45, 2.75) is 44.3 Å². The molecule has 0 amide bonds. The molecule has 3 aromatic rings. The minimum Gasteiger partial charge on any atom is -0.325 e. The molecule has 0 saturated heterocycles. The maximum Gasteiger partial charge on any atom is 0.262 e. The van der Waals surface area contributed by atoms with E-state index in [2.05, 4.69) is 14.3 Å². The van der Waals surface area contributed by atoms with Crippen LogP contribution in [0.5, 0.6) is 0 Å². The third-order valence-electron chi connectivity index (χ3n) is 5.32. The van der Waals surface area contributed by atoms with Crippen LogP contribution in [0.1, 0.15) is 22.3 Å². The van der Waals surface area contributed by atoms with Crippen molar-refractivity contribution in [2.24, 2.45) is 0 Å². The molecule has 0 atom stereocenters. The summed E-state index contributed by atoms with van der Waals surface area (Å²) < 4.78 is 31.6. The van der Waals surface area contributed by atoms with E-state index < -0.39 is 10.0 Å². The van der Waals surface area contributed by atoms with Gasteiger partial charge in [-0.3, -0.25) is 4.72 Å². The number of fused-ring (bicyclic) bond motifs is 1. The second-order valence-electron chi connectivity index (χ2n) is 7.19. The summed E-state index contributed by atoms with van der Waals surface area (Å²) in [5.41, 5.74) is 5.62. The fourth-order valence-electron chi connectivity index (χ4n) is 3.61. The maximum atomic E-state index is 13.3. The minimum atomic E-state index is -3.73. The van der Waals surface area contributed by atoms with Crippen LogP contribution in [-0.4, -0.2) is 23.7 Å². The second-order valence-corrected chi connectivity index (χ2v) is 9.87. The first-order chi connectivity index (χ1) is 13.3. The van der Waals surface area contributed by atoms with Crippen molar-refractivity contribution in [3.63, 3.8) is 0 Å². The van der Waals surface area contributed by atoms with Gasteiger partial charge in [-0.2, -0.15) is 0 Å². The van der Waals surface area contributed by atoms with Gasteiger partial charge in [0, 0.05) is 24.1 Å². The molecule has 2 heterocycles. The number of aromatic nitrogens is 2. The molecule has 2 aromatic carbocycles. The number of anilines is 1. The molecule has 5 nitrogen and oxygen atoms in total. The number of nitrogens with one attached hydrogen (secondary N) is 1. The molecular weight excluding hydrogens is 390 g/mol. The van der Waals surface area contributed by atoms with Crippen LogP contribution in [0.25, 0.3) is 11.3 Å². The Bertz CT molecular complexity index is 1130. The van der Waals surface area contributed by atoms with Gasteiger partial charge >= 0.3 is 0 Å². The van der Waals surface area contributed by atoms with Crippen LogP contribution in [0.15, 0.2) is 46.6 Å². The number of rotatable bonds is 4. The standard InChI is InChI=1S/C21H23N3O2S2/c1-13-11-14(2)16(4)20(15(13)3)28(25,26)23-18-8-6-5-7-17(18)19-12-24-9-10-27-21(24)22-19/h5-8,11-12,23H,9-10H2,1-4H3. The van der Waals surface area contributed by atoms with Gasteiger partial charge in [-0.1, -0.05) is 36.0 Å². The predicted molar refractivity (Wildman–Crippen MR) is 115 cm³/mol. The van der Waals surface area contributed by atoms with Gasteiger partial charge in [0.05, 0.1) is 16.3 Å². The van der Waals surface area contributed by atoms with Crippen molar-refractivity contribution in [2.75, 3.05) is 10.5 Å². The lowest BCUT2D eigenvalue weighted by molar-refractivity contribution is 0.599. The monoisotopic (exact) mass is 413 g/mol. The summed E-state index contributed by atoms with van der Waals surface area (Å²) in [6.45, 7) is 8.54. The van der Waals surface area contributed by atoms with Crippen LogP contribution < -0.4 is 4.72 Å². The van der Waals surface area contributed by atoms with Crippen LogP contribution in [0.4, 0.5) is 5.69 Å². The Balaban J connectivity index is 1.78. The van der Waals surface area contributed by atoms with Gasteiger partial charge in [-0.15, -0.1) is 0 Å². The molecule has 7 heteroatoms. The Hall–Kier alpha value is -2.25. The molecular formula is C21H23N3O2S2. The molecule has 0 radical (unpaired) electrons. The first kappa shape index (κ1) is 19.1. The quantitative estimate of drug-likeness (QED) is 0.674. The number of nitrogens with zero attached hydrogens (tertiary/aromatic N) is 2. The van der Waals surface area contributed by atoms with Crippen LogP contribution in [0.2, 0.25) is 0 Å². The summed E-state index contributed by atoms with van der Waals surface area (Å²) in [6.07, 6.45) is 2.00. The van der Waals surface area contributed by atoms with Crippen molar-refractivity contribution in [1.82, 2.24) is 9.55 Å². The summed E-state index contributed by atoms with van der Waals surface area (Å²) in [7, 11) is -3.73. The Kier molecular flexibility index (Phi) is 4.75. The van der Waals surface area contributed by atoms with Crippen LogP contribution in [-0.2, 0) is 16.6 Å². The van der Waals surface area contributed by atoms with Crippen LogP contribution in [0, 0.1) is 27.7 Å². The molecule has 1 aliphatic rings. The van der Waals surface area contributed by atoms with E-state index >= 15 is 0 Å². The summed E-state index contributed by atoms with van der Waals surface area (Å²) in [6, 6.07) is 9.46. The SMILES string of the molecule is Cc1cc(C)c(C)c(S(=O)(=O)Nc2ccccc2-c2cn3c(n2)SCC3)c1C. The molecule has 0 bridgehead atoms. The number of aryl methyl sites for hydroxylation is 3. The van der Waals surface area contributed by atoms with Gasteiger partial charge < -0.3 is 4.57 Å². The number of para-hydroxylation sites is 1. The number of hydrogen-bond donors (Lipinski definition) is 1. The molecule has 1 aliphatic heterocycles. The minimum absolute atomic E-state index is 0.364. The molecule has 0 fully saturated rings. The average Bonchev–Trinajstić information content (AvgIpc) is 3.22. The van der Waals surface area contributed by atoms with Crippen molar-refractivity contribution < 1.29 is 8.42 Å². The predicted octanol–water partition coefficient (Wildman–Crippen LogP) is 4.69. The summed E-state index contributed by atoms with van der Waals surface area (Å²) in [5, 5.41) is 0.980. The number of sulfonamides is 1. The van der Waals surface area contributed by atoms with Crippen LogP contribution in [0.3, 0.4) is 0 Å². The summed E-state index contributed by atoms with van der Waals surface area (Å²) >= 11 is 1.72. The number of hydrogen-bond acceptors (Lipinski definition) is 4. The number of thioether (sulfide) groups is 1. The van der Waals surface area contributed by atoms with Crippen molar-refractivity contribution >= 4 is 27.5 Å². The number of imidazole rings is 1. The molecule has 0 aliphatic carbocycles. The highest BCUT2D eigenvalue weighted by atomic mass is 32.2. The zero-order valence-corrected chi connectivity index (χ0v) is 18.0. The third kappa shape index (κ3) is 3.22. The molecule has 146 valence electrons. The lowest BCUT2D eigenvalue weighted by atomic mass is 10.0. The zero-order valence-electron chi connectivity index (χ0n) is 16.4. The summed E-state index contributed by atoms with van der Waals surface area (Å²) in [4.78, 5) is 5.04. The molecule has 1 aromatic heterocycles. The normalized spacial score (nSPS) is 13.6. The van der Waals surface area contributed by atoms with Gasteiger partial charge in [0.15, 0.2) is 5.16 Å². The van der Waals surface area contributed by atoms with Gasteiger partial charge in [0.1, 0.15) is 0 Å². The largest absolute Gasteiger partial charge is 0.325 e. The Morgan fingerprint density at radius 1 is 1.07 bits per heavy atom. The van der Waals surface area contributed by atoms with Crippen LogP contribution >= 0.6 is 11.8 Å². The Labute approximate surface area is 170 Å². The van der Waals surface area contributed by atoms with E-state index in [-0.39, 0.29) is 0 Å². The van der Waals surface area contributed by atoms with E-state index in [9.17, 15) is 8.42 Å². The van der Waals surface area contributed by atoms with E-state index in [1.807, 2.05) is 58.2 Å². The maximum absolute atomic E-state index is 13.3. The highest BCUT2D eigenvalue weighted by Crippen LogP contribution is 2.34. The molecule has 0 saturated carbocycles. The molecule has 0 spiro atoms. The highest BCUT2D eigenvalue weighted by Gasteiger charge is 2.24. The van der Waals surface area contributed by atoms with Crippen molar-refractivity contribution in [3.8, 4) is 11.3 Å². The van der Waals surface area contributed by atoms with Gasteiger partial charge in [0.25, 0.3) is 10.0 Å². The van der Waals surface area contributed by atoms with Gasteiger partial charge in [-0.05, 0) is 56.0 Å². The Morgan fingerprint density at radius 2 is 1.75 bits per heavy atom. The highest BCUT2D eigenvalue weighted by molar-refractivity contribution is 7.99. The van der Waals surface area contributed by atoms with Crippen molar-refractivity contribution in [3.05, 3.63) is 58.8 Å². The first-order valence-corrected chi connectivity index (χ1v) is 11.6. The lowest BCUT2D eigenvalue weighted by Crippen LogP contribution is -2.17. The van der Waals surface area contributed by atoms with E-state index in [0.29, 0.717) is 10.6 Å². The Morgan fingerprint density at radius 3 is 2.43 bits per heavy atom. The van der Waals surface area contributed by atoms with E-state index in [1.165, 1.54) is 0 Å². The smallest absolute Gasteiger partial charge is 0.262 e. The van der Waals surface area contributed by atoms with Crippen molar-refractivity contribution in [1.29, 1.82) is 0 Å². The fraction of sp³-hybridized carbons (Fsp3) is 0.286. The van der Waals surface area contributed by atoms with E-state index in [4.69, 9.17) is 0 Å². The topological polar surface area (TPSA) is 64.0 Å². The third-order valence-corrected chi connectivity index (χ3v) is 7.93. The fourth-order valence-corrected chi connectivity index (χ4v) is 6.26. The van der Waals surface area contributed by atoms with Gasteiger partial charge in [-0.25, -0.2) is 13.4 Å². The molecule has 4 rings (SSSR count). The molecule has 0 unspecified atom stereocenters.